The van der Waals surface area contributed by atoms with Gasteiger partial charge < -0.3 is 39.9 Å². The predicted octanol–water partition coefficient (Wildman–Crippen LogP) is 9.62. The third-order valence-electron chi connectivity index (χ3n) is 11.3. The number of carbonyl (C=O) groups is 2. The number of carbonyl (C=O) groups excluding carboxylic acids is 2. The molecule has 0 saturated heterocycles. The average molecular weight is 891 g/mol. The summed E-state index contributed by atoms with van der Waals surface area (Å²) in [6.07, 6.45) is 27.9. The van der Waals surface area contributed by atoms with E-state index >= 15 is 0 Å². The van der Waals surface area contributed by atoms with Gasteiger partial charge in [0.25, 0.3) is 0 Å². The molecule has 13 nitrogen and oxygen atoms in total. The van der Waals surface area contributed by atoms with Gasteiger partial charge in [-0.05, 0) is 57.8 Å². The minimum atomic E-state index is -5.12. The highest BCUT2D eigenvalue weighted by molar-refractivity contribution is 7.47. The molecule has 0 aromatic carbocycles. The topological polar surface area (TPSA) is 210 Å². The number of esters is 2. The molecule has 8 atom stereocenters. The number of unbranched alkanes of at least 4 members (excludes halogenated alkanes) is 24. The maximum absolute atomic E-state index is 12.8. The summed E-state index contributed by atoms with van der Waals surface area (Å²) in [5.74, 6) is -1.10. The average Bonchev–Trinajstić information content (AvgIpc) is 3.24. The van der Waals surface area contributed by atoms with Crippen LogP contribution in [-0.4, -0.2) is 98.3 Å². The zero-order chi connectivity index (χ0) is 45.0. The lowest BCUT2D eigenvalue weighted by Gasteiger charge is -2.41. The molecule has 1 aliphatic rings. The van der Waals surface area contributed by atoms with Gasteiger partial charge in [0, 0.05) is 12.8 Å². The molecular formula is C47H87O13P. The van der Waals surface area contributed by atoms with Crippen molar-refractivity contribution in [2.45, 2.75) is 249 Å². The molecule has 0 spiro atoms. The van der Waals surface area contributed by atoms with E-state index in [4.69, 9.17) is 18.5 Å². The van der Waals surface area contributed by atoms with E-state index in [1.165, 1.54) is 109 Å². The minimum Gasteiger partial charge on any atom is -0.462 e. The first-order valence-corrected chi connectivity index (χ1v) is 25.6. The van der Waals surface area contributed by atoms with Crippen molar-refractivity contribution in [2.24, 2.45) is 0 Å². The molecule has 0 heterocycles. The van der Waals surface area contributed by atoms with Crippen LogP contribution in [0.2, 0.25) is 0 Å². The summed E-state index contributed by atoms with van der Waals surface area (Å²) in [7, 11) is -5.12. The fraction of sp³-hybridized carbons (Fsp3) is 0.872. The molecule has 1 aliphatic carbocycles. The second kappa shape index (κ2) is 37.7. The molecule has 6 N–H and O–H groups in total. The van der Waals surface area contributed by atoms with Crippen molar-refractivity contribution in [3.05, 3.63) is 24.3 Å². The van der Waals surface area contributed by atoms with E-state index in [9.17, 15) is 44.6 Å². The third-order valence-corrected chi connectivity index (χ3v) is 12.3. The molecule has 1 saturated carbocycles. The van der Waals surface area contributed by atoms with E-state index in [1.54, 1.807) is 0 Å². The number of rotatable bonds is 40. The van der Waals surface area contributed by atoms with E-state index < -0.39 is 75.7 Å². The number of aliphatic hydroxyl groups excluding tert-OH is 5. The molecular weight excluding hydrogens is 803 g/mol. The molecule has 1 fully saturated rings. The lowest BCUT2D eigenvalue weighted by atomic mass is 9.85. The van der Waals surface area contributed by atoms with Crippen LogP contribution in [0.3, 0.4) is 0 Å². The second-order valence-corrected chi connectivity index (χ2v) is 18.4. The third kappa shape index (κ3) is 30.2. The predicted molar refractivity (Wildman–Crippen MR) is 240 cm³/mol. The summed E-state index contributed by atoms with van der Waals surface area (Å²) in [5, 5.41) is 50.2. The largest absolute Gasteiger partial charge is 0.472 e. The van der Waals surface area contributed by atoms with Crippen molar-refractivity contribution < 1.29 is 63.1 Å². The van der Waals surface area contributed by atoms with Gasteiger partial charge in [-0.15, -0.1) is 0 Å². The molecule has 0 aromatic heterocycles. The fourth-order valence-electron chi connectivity index (χ4n) is 7.32. The highest BCUT2D eigenvalue weighted by atomic mass is 31.2. The summed E-state index contributed by atoms with van der Waals surface area (Å²) in [6, 6.07) is 0. The molecule has 0 radical (unpaired) electrons. The van der Waals surface area contributed by atoms with Gasteiger partial charge in [-0.2, -0.15) is 0 Å². The fourth-order valence-corrected chi connectivity index (χ4v) is 8.29. The van der Waals surface area contributed by atoms with Crippen molar-refractivity contribution >= 4 is 19.8 Å². The van der Waals surface area contributed by atoms with Crippen LogP contribution in [0.1, 0.15) is 206 Å². The molecule has 1 rings (SSSR count). The molecule has 6 unspecified atom stereocenters. The summed E-state index contributed by atoms with van der Waals surface area (Å²) in [4.78, 5) is 35.7. The lowest BCUT2D eigenvalue weighted by molar-refractivity contribution is -0.220. The first-order chi connectivity index (χ1) is 29.4. The Morgan fingerprint density at radius 1 is 0.492 bits per heavy atom. The van der Waals surface area contributed by atoms with E-state index in [2.05, 4.69) is 38.2 Å². The molecule has 14 heteroatoms. The zero-order valence-electron chi connectivity index (χ0n) is 38.0. The molecule has 0 aromatic rings. The first kappa shape index (κ1) is 57.3. The van der Waals surface area contributed by atoms with Crippen LogP contribution in [0.4, 0.5) is 0 Å². The second-order valence-electron chi connectivity index (χ2n) is 17.0. The quantitative estimate of drug-likeness (QED) is 0.0147. The Hall–Kier alpha value is -1.67. The van der Waals surface area contributed by atoms with Gasteiger partial charge in [0.05, 0.1) is 6.61 Å². The van der Waals surface area contributed by atoms with E-state index in [1.807, 2.05) is 0 Å². The van der Waals surface area contributed by atoms with Crippen LogP contribution >= 0.6 is 7.82 Å². The maximum Gasteiger partial charge on any atom is 0.472 e. The number of aliphatic hydroxyl groups is 5. The smallest absolute Gasteiger partial charge is 0.462 e. The summed E-state index contributed by atoms with van der Waals surface area (Å²) < 4.78 is 33.6. The monoisotopic (exact) mass is 891 g/mol. The number of phosphoric acid groups is 1. The van der Waals surface area contributed by atoms with E-state index in [-0.39, 0.29) is 12.8 Å². The van der Waals surface area contributed by atoms with Crippen molar-refractivity contribution in [3.63, 3.8) is 0 Å². The number of hydrogen-bond acceptors (Lipinski definition) is 12. The van der Waals surface area contributed by atoms with Crippen LogP contribution in [0.25, 0.3) is 0 Å². The van der Waals surface area contributed by atoms with Crippen LogP contribution < -0.4 is 0 Å². The van der Waals surface area contributed by atoms with Crippen molar-refractivity contribution in [3.8, 4) is 0 Å². The van der Waals surface area contributed by atoms with Gasteiger partial charge in [-0.1, -0.05) is 160 Å². The van der Waals surface area contributed by atoms with Gasteiger partial charge in [0.15, 0.2) is 6.10 Å². The van der Waals surface area contributed by atoms with Gasteiger partial charge in [0.1, 0.15) is 43.2 Å². The Bertz CT molecular complexity index is 1170. The number of allylic oxidation sites excluding steroid dienone is 4. The highest BCUT2D eigenvalue weighted by Crippen LogP contribution is 2.47. The van der Waals surface area contributed by atoms with E-state index in [0.29, 0.717) is 12.8 Å². The number of phosphoric ester groups is 1. The number of ether oxygens (including phenoxy) is 2. The summed E-state index contributed by atoms with van der Waals surface area (Å²) in [6.45, 7) is 3.27. The number of hydrogen-bond donors (Lipinski definition) is 6. The molecule has 0 bridgehead atoms. The van der Waals surface area contributed by atoms with Crippen molar-refractivity contribution in [2.75, 3.05) is 13.2 Å². The van der Waals surface area contributed by atoms with Gasteiger partial charge in [-0.25, -0.2) is 4.57 Å². The summed E-state index contributed by atoms with van der Waals surface area (Å²) in [5.41, 5.74) is 0. The Morgan fingerprint density at radius 2 is 0.852 bits per heavy atom. The Labute approximate surface area is 368 Å². The Kier molecular flexibility index (Phi) is 35.4. The zero-order valence-corrected chi connectivity index (χ0v) is 38.9. The normalized spacial score (nSPS) is 22.2. The van der Waals surface area contributed by atoms with E-state index in [0.717, 1.165) is 57.8 Å². The van der Waals surface area contributed by atoms with Crippen LogP contribution in [0.5, 0.6) is 0 Å². The van der Waals surface area contributed by atoms with Crippen molar-refractivity contribution in [1.82, 2.24) is 0 Å². The first-order valence-electron chi connectivity index (χ1n) is 24.1. The Balaban J connectivity index is 2.44. The van der Waals surface area contributed by atoms with Gasteiger partial charge >= 0.3 is 19.8 Å². The SMILES string of the molecule is CCCC/C=C/CCCCCCCCCCCC(=O)OC[C@H](COP(=O)(O)OC1C(O)C(O)C(O)[C@H](O)C1O)OC(=O)CCCCCCCCC/C=C/CCCCCCCC. The minimum absolute atomic E-state index is 0.0934. The lowest BCUT2D eigenvalue weighted by Crippen LogP contribution is -2.64. The van der Waals surface area contributed by atoms with Gasteiger partial charge in [0.2, 0.25) is 0 Å². The molecule has 61 heavy (non-hydrogen) atoms. The molecule has 358 valence electrons. The maximum atomic E-state index is 12.8. The standard InChI is InChI=1S/C47H87O13P/c1-3-5-7-9-11-13-15-17-19-20-22-24-26-28-30-32-34-36-41(49)59-39(38-58-61(55,56)60-47-45(53)43(51)42(50)44(52)46(47)54)37-57-40(48)35-33-31-29-27-25-23-21-18-16-14-12-10-8-6-4-2/h10,12,17,19,39,42-47,50-54H,3-9,11,13-16,18,20-38H2,1-2H3,(H,55,56)/b12-10+,19-17+/t39-,42?,43+,44?,45?,46?,47?/m1/s1. The van der Waals surface area contributed by atoms with Crippen LogP contribution in [0, 0.1) is 0 Å². The molecule has 0 aliphatic heterocycles. The van der Waals surface area contributed by atoms with Crippen LogP contribution in [0.15, 0.2) is 24.3 Å². The van der Waals surface area contributed by atoms with Crippen LogP contribution in [-0.2, 0) is 32.7 Å². The van der Waals surface area contributed by atoms with Gasteiger partial charge in [-0.3, -0.25) is 18.6 Å². The highest BCUT2D eigenvalue weighted by Gasteiger charge is 2.51. The molecule has 0 amide bonds. The van der Waals surface area contributed by atoms with Crippen molar-refractivity contribution in [1.29, 1.82) is 0 Å². The Morgan fingerprint density at radius 3 is 1.30 bits per heavy atom. The summed E-state index contributed by atoms with van der Waals surface area (Å²) >= 11 is 0.